The van der Waals surface area contributed by atoms with Crippen molar-refractivity contribution in [2.24, 2.45) is 0 Å². The molecule has 0 aliphatic carbocycles. The van der Waals surface area contributed by atoms with Gasteiger partial charge in [0.25, 0.3) is 0 Å². The molecule has 0 saturated heterocycles. The molecule has 0 bridgehead atoms. The van der Waals surface area contributed by atoms with Crippen LogP contribution in [-0.4, -0.2) is 6.61 Å². The normalized spacial score (nSPS) is 11.1. The number of benzene rings is 3. The second kappa shape index (κ2) is 10.5. The standard InChI is InChI=1S/C27H30O/c1-3-5-6-7-22-10-16-25(17-11-22)26-18-12-23(13-19-26)8-9-24-14-20-27(21-15-24)28-4-2/h8-21H,3-7H2,1-2H3/b9-8+. The van der Waals surface area contributed by atoms with Gasteiger partial charge >= 0.3 is 0 Å². The number of unbranched alkanes of at least 4 members (excludes halogenated alkanes) is 2. The lowest BCUT2D eigenvalue weighted by atomic mass is 10.0. The lowest BCUT2D eigenvalue weighted by Crippen LogP contribution is -1.90. The SMILES string of the molecule is CCCCCc1ccc(-c2ccc(/C=C/c3ccc(OCC)cc3)cc2)cc1. The average Bonchev–Trinajstić information content (AvgIpc) is 2.75. The van der Waals surface area contributed by atoms with Crippen LogP contribution in [0.15, 0.2) is 72.8 Å². The van der Waals surface area contributed by atoms with Crippen LogP contribution in [0.1, 0.15) is 49.8 Å². The second-order valence-corrected chi connectivity index (χ2v) is 7.11. The summed E-state index contributed by atoms with van der Waals surface area (Å²) in [5.74, 6) is 0.917. The molecule has 3 aromatic rings. The summed E-state index contributed by atoms with van der Waals surface area (Å²) in [6, 6.07) is 26.0. The number of rotatable bonds is 9. The van der Waals surface area contributed by atoms with Crippen molar-refractivity contribution in [1.82, 2.24) is 0 Å². The van der Waals surface area contributed by atoms with Gasteiger partial charge in [-0.3, -0.25) is 0 Å². The van der Waals surface area contributed by atoms with Crippen molar-refractivity contribution in [2.45, 2.75) is 39.5 Å². The molecule has 0 aromatic heterocycles. The predicted molar refractivity (Wildman–Crippen MR) is 122 cm³/mol. The summed E-state index contributed by atoms with van der Waals surface area (Å²) in [7, 11) is 0. The van der Waals surface area contributed by atoms with Gasteiger partial charge < -0.3 is 4.74 Å². The van der Waals surface area contributed by atoms with Gasteiger partial charge in [-0.25, -0.2) is 0 Å². The third-order valence-electron chi connectivity index (χ3n) is 4.93. The Balaban J connectivity index is 1.61. The first-order valence-corrected chi connectivity index (χ1v) is 10.4. The summed E-state index contributed by atoms with van der Waals surface area (Å²) in [5.41, 5.74) is 6.35. The van der Waals surface area contributed by atoms with Crippen molar-refractivity contribution in [1.29, 1.82) is 0 Å². The van der Waals surface area contributed by atoms with Crippen molar-refractivity contribution in [3.8, 4) is 16.9 Å². The van der Waals surface area contributed by atoms with Crippen LogP contribution in [0.4, 0.5) is 0 Å². The molecule has 0 amide bonds. The van der Waals surface area contributed by atoms with Crippen LogP contribution in [0.5, 0.6) is 5.75 Å². The molecule has 0 heterocycles. The Hall–Kier alpha value is -2.80. The second-order valence-electron chi connectivity index (χ2n) is 7.11. The van der Waals surface area contributed by atoms with Crippen molar-refractivity contribution in [2.75, 3.05) is 6.61 Å². The minimum Gasteiger partial charge on any atom is -0.494 e. The lowest BCUT2D eigenvalue weighted by molar-refractivity contribution is 0.340. The molecule has 3 rings (SSSR count). The fraction of sp³-hybridized carbons (Fsp3) is 0.259. The first-order chi connectivity index (χ1) is 13.8. The summed E-state index contributed by atoms with van der Waals surface area (Å²) >= 11 is 0. The Morgan fingerprint density at radius 2 is 1.18 bits per heavy atom. The summed E-state index contributed by atoms with van der Waals surface area (Å²) in [6.45, 7) is 4.95. The van der Waals surface area contributed by atoms with Gasteiger partial charge in [-0.05, 0) is 59.7 Å². The molecule has 0 unspecified atom stereocenters. The maximum Gasteiger partial charge on any atom is 0.119 e. The van der Waals surface area contributed by atoms with Crippen LogP contribution in [0.3, 0.4) is 0 Å². The van der Waals surface area contributed by atoms with Crippen LogP contribution >= 0.6 is 0 Å². The van der Waals surface area contributed by atoms with E-state index in [-0.39, 0.29) is 0 Å². The Bertz CT molecular complexity index is 856. The van der Waals surface area contributed by atoms with Crippen LogP contribution in [0.25, 0.3) is 23.3 Å². The third-order valence-corrected chi connectivity index (χ3v) is 4.93. The number of ether oxygens (including phenoxy) is 1. The maximum atomic E-state index is 5.49. The Morgan fingerprint density at radius 1 is 0.643 bits per heavy atom. The predicted octanol–water partition coefficient (Wildman–Crippen LogP) is 7.66. The summed E-state index contributed by atoms with van der Waals surface area (Å²) < 4.78 is 5.49. The van der Waals surface area contributed by atoms with Crippen molar-refractivity contribution in [3.05, 3.63) is 89.5 Å². The molecule has 0 aliphatic heterocycles. The number of hydrogen-bond acceptors (Lipinski definition) is 1. The maximum absolute atomic E-state index is 5.49. The van der Waals surface area contributed by atoms with E-state index >= 15 is 0 Å². The molecule has 0 saturated carbocycles. The largest absolute Gasteiger partial charge is 0.494 e. The molecule has 28 heavy (non-hydrogen) atoms. The molecular formula is C27H30O. The smallest absolute Gasteiger partial charge is 0.119 e. The van der Waals surface area contributed by atoms with Gasteiger partial charge in [0, 0.05) is 0 Å². The van der Waals surface area contributed by atoms with E-state index in [1.54, 1.807) is 0 Å². The quantitative estimate of drug-likeness (QED) is 0.277. The fourth-order valence-electron chi connectivity index (χ4n) is 3.26. The van der Waals surface area contributed by atoms with Crippen molar-refractivity contribution >= 4 is 12.2 Å². The zero-order valence-corrected chi connectivity index (χ0v) is 17.0. The third kappa shape index (κ3) is 5.85. The molecule has 0 atom stereocenters. The molecular weight excluding hydrogens is 340 g/mol. The van der Waals surface area contributed by atoms with Gasteiger partial charge in [0.2, 0.25) is 0 Å². The average molecular weight is 371 g/mol. The Labute approximate surface area is 169 Å². The van der Waals surface area contributed by atoms with Crippen LogP contribution in [0.2, 0.25) is 0 Å². The van der Waals surface area contributed by atoms with Gasteiger partial charge in [-0.1, -0.05) is 92.6 Å². The monoisotopic (exact) mass is 370 g/mol. The minimum atomic E-state index is 0.698. The molecule has 0 N–H and O–H groups in total. The van der Waals surface area contributed by atoms with E-state index in [2.05, 4.69) is 79.7 Å². The van der Waals surface area contributed by atoms with E-state index in [1.165, 1.54) is 53.5 Å². The van der Waals surface area contributed by atoms with E-state index in [9.17, 15) is 0 Å². The highest BCUT2D eigenvalue weighted by atomic mass is 16.5. The minimum absolute atomic E-state index is 0.698. The van der Waals surface area contributed by atoms with Gasteiger partial charge in [0.1, 0.15) is 5.75 Å². The number of hydrogen-bond donors (Lipinski definition) is 0. The molecule has 144 valence electrons. The topological polar surface area (TPSA) is 9.23 Å². The van der Waals surface area contributed by atoms with E-state index in [4.69, 9.17) is 4.74 Å². The lowest BCUT2D eigenvalue weighted by Gasteiger charge is -2.05. The highest BCUT2D eigenvalue weighted by Gasteiger charge is 1.99. The van der Waals surface area contributed by atoms with Crippen LogP contribution < -0.4 is 4.74 Å². The van der Waals surface area contributed by atoms with Gasteiger partial charge in [0.15, 0.2) is 0 Å². The van der Waals surface area contributed by atoms with E-state index in [0.717, 1.165) is 5.75 Å². The summed E-state index contributed by atoms with van der Waals surface area (Å²) in [6.07, 6.45) is 9.34. The Kier molecular flexibility index (Phi) is 7.49. The highest BCUT2D eigenvalue weighted by molar-refractivity contribution is 5.72. The zero-order valence-electron chi connectivity index (χ0n) is 17.0. The van der Waals surface area contributed by atoms with E-state index in [1.807, 2.05) is 19.1 Å². The van der Waals surface area contributed by atoms with Crippen LogP contribution in [-0.2, 0) is 6.42 Å². The molecule has 0 spiro atoms. The van der Waals surface area contributed by atoms with E-state index < -0.39 is 0 Å². The summed E-state index contributed by atoms with van der Waals surface area (Å²) in [4.78, 5) is 0. The molecule has 0 radical (unpaired) electrons. The Morgan fingerprint density at radius 3 is 1.71 bits per heavy atom. The molecule has 3 aromatic carbocycles. The highest BCUT2D eigenvalue weighted by Crippen LogP contribution is 2.22. The molecule has 1 nitrogen and oxygen atoms in total. The van der Waals surface area contributed by atoms with Crippen LogP contribution in [0, 0.1) is 0 Å². The molecule has 1 heteroatoms. The van der Waals surface area contributed by atoms with Gasteiger partial charge in [-0.15, -0.1) is 0 Å². The first kappa shape index (κ1) is 19.9. The zero-order chi connectivity index (χ0) is 19.6. The van der Waals surface area contributed by atoms with E-state index in [0.29, 0.717) is 6.61 Å². The molecule has 0 fully saturated rings. The van der Waals surface area contributed by atoms with Gasteiger partial charge in [-0.2, -0.15) is 0 Å². The molecule has 0 aliphatic rings. The summed E-state index contributed by atoms with van der Waals surface area (Å²) in [5, 5.41) is 0. The van der Waals surface area contributed by atoms with Crippen molar-refractivity contribution < 1.29 is 4.74 Å². The number of aryl methyl sites for hydroxylation is 1. The fourth-order valence-corrected chi connectivity index (χ4v) is 3.26. The van der Waals surface area contributed by atoms with Crippen molar-refractivity contribution in [3.63, 3.8) is 0 Å². The first-order valence-electron chi connectivity index (χ1n) is 10.4. The van der Waals surface area contributed by atoms with Gasteiger partial charge in [0.05, 0.1) is 6.61 Å².